The van der Waals surface area contributed by atoms with Crippen LogP contribution >= 0.6 is 14.9 Å². The molecule has 0 spiro atoms. The summed E-state index contributed by atoms with van der Waals surface area (Å²) >= 11 is 0. The van der Waals surface area contributed by atoms with Gasteiger partial charge in [0.15, 0.2) is 11.7 Å². The Morgan fingerprint density at radius 3 is 0.706 bits per heavy atom. The molecule has 8 nitrogen and oxygen atoms in total. The fraction of sp³-hybridized carbons (Fsp3) is 0.379. The highest BCUT2D eigenvalue weighted by molar-refractivity contribution is 7.60. The molecule has 10 rings (SSSR count). The molecule has 10 heteroatoms. The van der Waals surface area contributed by atoms with Crippen LogP contribution in [0, 0.1) is 0 Å². The third kappa shape index (κ3) is 9.09. The summed E-state index contributed by atoms with van der Waals surface area (Å²) in [7, 11) is -6.86. The predicted molar refractivity (Wildman–Crippen MR) is 277 cm³/mol. The van der Waals surface area contributed by atoms with E-state index < -0.39 is 26.6 Å². The molecule has 4 fully saturated rings. The van der Waals surface area contributed by atoms with Crippen LogP contribution in [-0.4, -0.2) is 53.1 Å². The summed E-state index contributed by atoms with van der Waals surface area (Å²) in [6.45, 7) is 8.62. The highest BCUT2D eigenvalue weighted by Crippen LogP contribution is 2.76. The highest BCUT2D eigenvalue weighted by atomic mass is 31.2. The van der Waals surface area contributed by atoms with Gasteiger partial charge in [-0.15, -0.1) is 0 Å². The van der Waals surface area contributed by atoms with E-state index in [9.17, 15) is 10.2 Å². The van der Waals surface area contributed by atoms with Crippen LogP contribution < -0.4 is 0 Å². The molecule has 0 amide bonds. The van der Waals surface area contributed by atoms with Crippen LogP contribution in [0.2, 0.25) is 0 Å². The van der Waals surface area contributed by atoms with E-state index in [1.165, 1.54) is 0 Å². The van der Waals surface area contributed by atoms with Crippen LogP contribution in [0.3, 0.4) is 0 Å². The summed E-state index contributed by atoms with van der Waals surface area (Å²) < 4.78 is 40.0. The van der Waals surface area contributed by atoms with Crippen molar-refractivity contribution in [2.24, 2.45) is 0 Å². The molecule has 2 saturated heterocycles. The maximum absolute atomic E-state index is 15.6. The maximum Gasteiger partial charge on any atom is 0.250 e. The lowest BCUT2D eigenvalue weighted by Crippen LogP contribution is -2.41. The first kappa shape index (κ1) is 48.6. The molecule has 0 unspecified atom stereocenters. The Labute approximate surface area is 405 Å². The monoisotopic (exact) mass is 948 g/mol. The number of hydrogen-bond acceptors (Lipinski definition) is 4. The van der Waals surface area contributed by atoms with E-state index in [2.05, 4.69) is 94.9 Å². The third-order valence-electron chi connectivity index (χ3n) is 15.6. The average molecular weight is 949 g/mol. The van der Waals surface area contributed by atoms with Gasteiger partial charge in [0.1, 0.15) is 0 Å². The van der Waals surface area contributed by atoms with Crippen molar-refractivity contribution in [3.8, 4) is 0 Å². The molecule has 0 aromatic heterocycles. The number of hydrogen-bond donors (Lipinski definition) is 2. The van der Waals surface area contributed by atoms with Crippen molar-refractivity contribution in [1.82, 2.24) is 18.7 Å². The van der Waals surface area contributed by atoms with Gasteiger partial charge in [-0.3, -0.25) is 9.13 Å². The zero-order valence-electron chi connectivity index (χ0n) is 40.1. The van der Waals surface area contributed by atoms with Gasteiger partial charge in [0.05, 0.1) is 0 Å². The van der Waals surface area contributed by atoms with Crippen molar-refractivity contribution in [2.45, 2.75) is 139 Å². The molecule has 2 saturated carbocycles. The molecular weight excluding hydrogens is 879 g/mol. The van der Waals surface area contributed by atoms with Crippen molar-refractivity contribution >= 4 is 14.9 Å². The SMILES string of the molecule is C[C@@H](c1ccccc1)N1[C@H]2CCCC[C@@H]2N([C@@H](C)c2ccccc2)P1(=O)[C@H](O)c1ccccc1.C[C@@H](c1ccccc1)N1[C@H]2CCCC[C@@H]2N([C@@H](C)c2ccccc2)P1(=O)[C@H](O)c1ccccc1. The van der Waals surface area contributed by atoms with E-state index in [0.29, 0.717) is 0 Å². The van der Waals surface area contributed by atoms with E-state index in [-0.39, 0.29) is 48.3 Å². The van der Waals surface area contributed by atoms with E-state index in [0.717, 1.165) is 84.7 Å². The average Bonchev–Trinajstić information content (AvgIpc) is 3.84. The first-order valence-electron chi connectivity index (χ1n) is 25.1. The van der Waals surface area contributed by atoms with Crippen molar-refractivity contribution < 1.29 is 19.3 Å². The number of aliphatic hydroxyl groups is 2. The molecule has 2 N–H and O–H groups in total. The molecule has 2 heterocycles. The molecule has 356 valence electrons. The molecule has 2 aliphatic heterocycles. The Kier molecular flexibility index (Phi) is 15.2. The molecule has 10 atom stereocenters. The lowest BCUT2D eigenvalue weighted by molar-refractivity contribution is 0.166. The minimum atomic E-state index is -3.43. The number of nitrogens with zero attached hydrogens (tertiary/aromatic N) is 4. The molecular formula is C58H70N4O4P2. The molecule has 0 radical (unpaired) electrons. The Balaban J connectivity index is 0.000000170. The summed E-state index contributed by atoms with van der Waals surface area (Å²) in [5, 5.41) is 23.8. The normalized spacial score (nSPS) is 25.4. The van der Waals surface area contributed by atoms with Crippen molar-refractivity contribution in [1.29, 1.82) is 0 Å². The second-order valence-corrected chi connectivity index (χ2v) is 24.6. The lowest BCUT2D eigenvalue weighted by atomic mass is 9.88. The number of benzene rings is 6. The van der Waals surface area contributed by atoms with Gasteiger partial charge in [-0.05, 0) is 86.8 Å². The summed E-state index contributed by atoms with van der Waals surface area (Å²) in [6.07, 6.45) is 8.55. The smallest absolute Gasteiger partial charge is 0.250 e. The maximum atomic E-state index is 15.6. The first-order valence-corrected chi connectivity index (χ1v) is 28.4. The van der Waals surface area contributed by atoms with Gasteiger partial charge in [-0.2, -0.15) is 0 Å². The number of rotatable bonds is 12. The van der Waals surface area contributed by atoms with Gasteiger partial charge in [0.2, 0.25) is 14.9 Å². The first-order chi connectivity index (χ1) is 33.1. The van der Waals surface area contributed by atoms with Crippen molar-refractivity contribution in [3.63, 3.8) is 0 Å². The third-order valence-corrected chi connectivity index (χ3v) is 22.7. The van der Waals surface area contributed by atoms with Crippen LogP contribution in [0.1, 0.15) is 148 Å². The van der Waals surface area contributed by atoms with Gasteiger partial charge in [-0.25, -0.2) is 18.7 Å². The molecule has 4 aliphatic rings. The number of fused-ring (bicyclic) bond motifs is 2. The van der Waals surface area contributed by atoms with Crippen LogP contribution in [0.5, 0.6) is 0 Å². The quantitative estimate of drug-likeness (QED) is 0.117. The Bertz CT molecular complexity index is 2300. The number of aliphatic hydroxyl groups excluding tert-OH is 2. The second-order valence-electron chi connectivity index (χ2n) is 19.5. The standard InChI is InChI=1S/2C29H35N2O2P/c2*1-22(24-14-6-3-7-15-24)30-27-20-12-13-21-28(27)31(23(2)25-16-8-4-9-17-25)34(30,33)29(32)26-18-10-5-11-19-26/h2*3-11,14-19,22-23,27-29,32H,12-13,20-21H2,1-2H3/t2*22-,23-,27-,28-,29-/m00/s1. The Hall–Kier alpha value is -4.46. The molecule has 6 aromatic rings. The zero-order chi connectivity index (χ0) is 47.4. The summed E-state index contributed by atoms with van der Waals surface area (Å²) in [4.78, 5) is 0. The van der Waals surface area contributed by atoms with Gasteiger partial charge in [-0.1, -0.05) is 208 Å². The van der Waals surface area contributed by atoms with Gasteiger partial charge in [0.25, 0.3) is 0 Å². The Morgan fingerprint density at radius 2 is 0.515 bits per heavy atom. The van der Waals surface area contributed by atoms with Crippen LogP contribution in [0.25, 0.3) is 0 Å². The summed E-state index contributed by atoms with van der Waals surface area (Å²) in [6, 6.07) is 60.9. The zero-order valence-corrected chi connectivity index (χ0v) is 41.9. The topological polar surface area (TPSA) is 87.6 Å². The predicted octanol–water partition coefficient (Wildman–Crippen LogP) is 14.6. The van der Waals surface area contributed by atoms with Crippen LogP contribution in [0.4, 0.5) is 0 Å². The second kappa shape index (κ2) is 21.3. The fourth-order valence-electron chi connectivity index (χ4n) is 12.3. The van der Waals surface area contributed by atoms with E-state index in [4.69, 9.17) is 0 Å². The molecule has 68 heavy (non-hydrogen) atoms. The Morgan fingerprint density at radius 1 is 0.338 bits per heavy atom. The van der Waals surface area contributed by atoms with Crippen LogP contribution in [-0.2, 0) is 9.13 Å². The molecule has 6 aromatic carbocycles. The largest absolute Gasteiger partial charge is 0.378 e. The van der Waals surface area contributed by atoms with E-state index in [1.807, 2.05) is 133 Å². The van der Waals surface area contributed by atoms with E-state index in [1.54, 1.807) is 0 Å². The summed E-state index contributed by atoms with van der Waals surface area (Å²) in [5.74, 6) is -2.15. The lowest BCUT2D eigenvalue weighted by Gasteiger charge is -2.40. The summed E-state index contributed by atoms with van der Waals surface area (Å²) in [5.41, 5.74) is 6.01. The van der Waals surface area contributed by atoms with Crippen molar-refractivity contribution in [2.75, 3.05) is 0 Å². The minimum absolute atomic E-state index is 0.0658. The van der Waals surface area contributed by atoms with Crippen molar-refractivity contribution in [3.05, 3.63) is 215 Å². The molecule has 2 aliphatic carbocycles. The van der Waals surface area contributed by atoms with Gasteiger partial charge in [0, 0.05) is 48.3 Å². The fourth-order valence-corrected chi connectivity index (χ4v) is 20.2. The van der Waals surface area contributed by atoms with Crippen LogP contribution in [0.15, 0.2) is 182 Å². The van der Waals surface area contributed by atoms with Gasteiger partial charge < -0.3 is 10.2 Å². The van der Waals surface area contributed by atoms with E-state index >= 15 is 9.13 Å². The minimum Gasteiger partial charge on any atom is -0.378 e. The molecule has 0 bridgehead atoms. The van der Waals surface area contributed by atoms with Gasteiger partial charge >= 0.3 is 0 Å². The highest BCUT2D eigenvalue weighted by Gasteiger charge is 2.63.